The first-order chi connectivity index (χ1) is 10.7. The Morgan fingerprint density at radius 2 is 2.05 bits per heavy atom. The van der Waals surface area contributed by atoms with E-state index in [2.05, 4.69) is 58.3 Å². The lowest BCUT2D eigenvalue weighted by atomic mass is 10.2. The highest BCUT2D eigenvalue weighted by molar-refractivity contribution is 5.58. The molecular weight excluding hydrogens is 272 g/mol. The molecule has 22 heavy (non-hydrogen) atoms. The molecular formula is C18H24N4. The highest BCUT2D eigenvalue weighted by Crippen LogP contribution is 2.21. The first-order valence-corrected chi connectivity index (χ1v) is 7.92. The van der Waals surface area contributed by atoms with Crippen molar-refractivity contribution in [1.82, 2.24) is 15.2 Å². The van der Waals surface area contributed by atoms with Crippen molar-refractivity contribution < 1.29 is 0 Å². The van der Waals surface area contributed by atoms with Crippen LogP contribution in [0.1, 0.15) is 12.5 Å². The van der Waals surface area contributed by atoms with Gasteiger partial charge in [0.15, 0.2) is 0 Å². The minimum atomic E-state index is 0.574. The van der Waals surface area contributed by atoms with Gasteiger partial charge in [-0.25, -0.2) is 4.98 Å². The smallest absolute Gasteiger partial charge is 0.132 e. The second kappa shape index (κ2) is 6.90. The van der Waals surface area contributed by atoms with E-state index < -0.39 is 0 Å². The van der Waals surface area contributed by atoms with Gasteiger partial charge in [-0.15, -0.1) is 0 Å². The van der Waals surface area contributed by atoms with Crippen LogP contribution in [0.5, 0.6) is 0 Å². The molecule has 2 heterocycles. The van der Waals surface area contributed by atoms with Crippen molar-refractivity contribution in [2.45, 2.75) is 19.5 Å². The third-order valence-corrected chi connectivity index (χ3v) is 4.16. The summed E-state index contributed by atoms with van der Waals surface area (Å²) in [4.78, 5) is 9.22. The predicted molar refractivity (Wildman–Crippen MR) is 91.5 cm³/mol. The number of nitrogens with zero attached hydrogens (tertiary/aromatic N) is 3. The van der Waals surface area contributed by atoms with E-state index in [0.29, 0.717) is 6.04 Å². The average Bonchev–Trinajstić information content (AvgIpc) is 2.56. The van der Waals surface area contributed by atoms with Gasteiger partial charge in [-0.1, -0.05) is 24.3 Å². The Labute approximate surface area is 132 Å². The molecule has 1 atom stereocenters. The molecule has 0 amide bonds. The summed E-state index contributed by atoms with van der Waals surface area (Å²) in [5, 5.41) is 3.48. The van der Waals surface area contributed by atoms with E-state index >= 15 is 0 Å². The molecule has 0 spiro atoms. The summed E-state index contributed by atoms with van der Waals surface area (Å²) in [5.41, 5.74) is 2.43. The molecule has 116 valence electrons. The van der Waals surface area contributed by atoms with Gasteiger partial charge in [0.2, 0.25) is 0 Å². The van der Waals surface area contributed by atoms with Gasteiger partial charge in [-0.3, -0.25) is 4.90 Å². The van der Waals surface area contributed by atoms with Gasteiger partial charge >= 0.3 is 0 Å². The van der Waals surface area contributed by atoms with E-state index in [-0.39, 0.29) is 0 Å². The maximum Gasteiger partial charge on any atom is 0.132 e. The molecule has 0 aliphatic carbocycles. The number of nitrogens with one attached hydrogen (secondary N) is 1. The molecule has 1 aliphatic heterocycles. The Bertz CT molecular complexity index is 582. The van der Waals surface area contributed by atoms with Crippen molar-refractivity contribution in [3.05, 3.63) is 54.2 Å². The summed E-state index contributed by atoms with van der Waals surface area (Å²) in [7, 11) is 2.05. The molecule has 1 saturated heterocycles. The Morgan fingerprint density at radius 1 is 1.23 bits per heavy atom. The SMILES string of the molecule is CC1CN(Cc2ccc(N(C)c3ccccc3)nc2)CCN1. The van der Waals surface area contributed by atoms with Crippen molar-refractivity contribution in [1.29, 1.82) is 0 Å². The highest BCUT2D eigenvalue weighted by Gasteiger charge is 2.15. The van der Waals surface area contributed by atoms with Gasteiger partial charge in [0, 0.05) is 51.2 Å². The molecule has 1 aliphatic rings. The van der Waals surface area contributed by atoms with Crippen LogP contribution in [0.3, 0.4) is 0 Å². The summed E-state index contributed by atoms with van der Waals surface area (Å²) < 4.78 is 0. The second-order valence-corrected chi connectivity index (χ2v) is 6.01. The van der Waals surface area contributed by atoms with Crippen molar-refractivity contribution >= 4 is 11.5 Å². The fourth-order valence-corrected chi connectivity index (χ4v) is 2.91. The van der Waals surface area contributed by atoms with Crippen LogP contribution in [-0.4, -0.2) is 42.6 Å². The quantitative estimate of drug-likeness (QED) is 0.940. The molecule has 2 aromatic rings. The first kappa shape index (κ1) is 15.0. The predicted octanol–water partition coefficient (Wildman–Crippen LogP) is 2.64. The van der Waals surface area contributed by atoms with Crippen molar-refractivity contribution in [3.63, 3.8) is 0 Å². The molecule has 1 aromatic carbocycles. The fraction of sp³-hybridized carbons (Fsp3) is 0.389. The number of aromatic nitrogens is 1. The van der Waals surface area contributed by atoms with Crippen LogP contribution in [0.2, 0.25) is 0 Å². The van der Waals surface area contributed by atoms with Crippen LogP contribution in [0, 0.1) is 0 Å². The molecule has 1 N–H and O–H groups in total. The fourth-order valence-electron chi connectivity index (χ4n) is 2.91. The van der Waals surface area contributed by atoms with Gasteiger partial charge < -0.3 is 10.2 Å². The van der Waals surface area contributed by atoms with E-state index in [1.165, 1.54) is 5.56 Å². The van der Waals surface area contributed by atoms with Gasteiger partial charge in [0.1, 0.15) is 5.82 Å². The molecule has 4 heteroatoms. The lowest BCUT2D eigenvalue weighted by Crippen LogP contribution is -2.48. The van der Waals surface area contributed by atoms with E-state index in [4.69, 9.17) is 0 Å². The van der Waals surface area contributed by atoms with Crippen LogP contribution in [-0.2, 0) is 6.54 Å². The zero-order valence-electron chi connectivity index (χ0n) is 13.4. The Kier molecular flexibility index (Phi) is 4.71. The minimum absolute atomic E-state index is 0.574. The highest BCUT2D eigenvalue weighted by atomic mass is 15.2. The monoisotopic (exact) mass is 296 g/mol. The van der Waals surface area contributed by atoms with Crippen molar-refractivity contribution in [3.8, 4) is 0 Å². The normalized spacial score (nSPS) is 19.1. The number of benzene rings is 1. The summed E-state index contributed by atoms with van der Waals surface area (Å²) in [5.74, 6) is 0.976. The molecule has 1 aromatic heterocycles. The number of hydrogen-bond donors (Lipinski definition) is 1. The standard InChI is InChI=1S/C18H24N4/c1-15-13-22(11-10-19-15)14-16-8-9-18(20-12-16)21(2)17-6-4-3-5-7-17/h3-9,12,15,19H,10-11,13-14H2,1-2H3. The second-order valence-electron chi connectivity index (χ2n) is 6.01. The largest absolute Gasteiger partial charge is 0.329 e. The maximum absolute atomic E-state index is 4.62. The molecule has 4 nitrogen and oxygen atoms in total. The summed E-state index contributed by atoms with van der Waals surface area (Å²) in [6, 6.07) is 15.2. The zero-order chi connectivity index (χ0) is 15.4. The summed E-state index contributed by atoms with van der Waals surface area (Å²) >= 11 is 0. The number of rotatable bonds is 4. The van der Waals surface area contributed by atoms with E-state index in [1.54, 1.807) is 0 Å². The number of hydrogen-bond acceptors (Lipinski definition) is 4. The van der Waals surface area contributed by atoms with E-state index in [9.17, 15) is 0 Å². The summed E-state index contributed by atoms with van der Waals surface area (Å²) in [6.07, 6.45) is 2.00. The number of piperazine rings is 1. The molecule has 1 unspecified atom stereocenters. The molecule has 3 rings (SSSR count). The van der Waals surface area contributed by atoms with Gasteiger partial charge in [0.05, 0.1) is 0 Å². The van der Waals surface area contributed by atoms with E-state index in [0.717, 1.165) is 37.7 Å². The average molecular weight is 296 g/mol. The van der Waals surface area contributed by atoms with Crippen LogP contribution in [0.25, 0.3) is 0 Å². The number of anilines is 2. The third kappa shape index (κ3) is 3.64. The zero-order valence-corrected chi connectivity index (χ0v) is 13.4. The van der Waals surface area contributed by atoms with Crippen LogP contribution >= 0.6 is 0 Å². The van der Waals surface area contributed by atoms with Gasteiger partial charge in [-0.05, 0) is 30.7 Å². The Morgan fingerprint density at radius 3 is 2.73 bits per heavy atom. The van der Waals surface area contributed by atoms with E-state index in [1.807, 2.05) is 24.4 Å². The minimum Gasteiger partial charge on any atom is -0.329 e. The maximum atomic E-state index is 4.62. The van der Waals surface area contributed by atoms with Crippen molar-refractivity contribution in [2.75, 3.05) is 31.6 Å². The Hall–Kier alpha value is -1.91. The van der Waals surface area contributed by atoms with Crippen LogP contribution in [0.15, 0.2) is 48.7 Å². The summed E-state index contributed by atoms with van der Waals surface area (Å²) in [6.45, 7) is 6.50. The molecule has 0 bridgehead atoms. The number of pyridine rings is 1. The number of para-hydroxylation sites is 1. The van der Waals surface area contributed by atoms with Gasteiger partial charge in [0.25, 0.3) is 0 Å². The lowest BCUT2D eigenvalue weighted by molar-refractivity contribution is 0.199. The molecule has 1 fully saturated rings. The van der Waals surface area contributed by atoms with Crippen LogP contribution < -0.4 is 10.2 Å². The van der Waals surface area contributed by atoms with Gasteiger partial charge in [-0.2, -0.15) is 0 Å². The lowest BCUT2D eigenvalue weighted by Gasteiger charge is -2.31. The third-order valence-electron chi connectivity index (χ3n) is 4.16. The molecule has 0 radical (unpaired) electrons. The Balaban J connectivity index is 1.65. The topological polar surface area (TPSA) is 31.4 Å². The van der Waals surface area contributed by atoms with Crippen molar-refractivity contribution in [2.24, 2.45) is 0 Å². The first-order valence-electron chi connectivity index (χ1n) is 7.92. The van der Waals surface area contributed by atoms with Crippen LogP contribution in [0.4, 0.5) is 11.5 Å². The molecule has 0 saturated carbocycles.